The highest BCUT2D eigenvalue weighted by Crippen LogP contribution is 2.32. The molecule has 0 radical (unpaired) electrons. The summed E-state index contributed by atoms with van der Waals surface area (Å²) in [5.41, 5.74) is 7.10. The molecule has 30 heavy (non-hydrogen) atoms. The average molecular weight is 426 g/mol. The first kappa shape index (κ1) is 19.6. The van der Waals surface area contributed by atoms with Gasteiger partial charge in [-0.05, 0) is 42.5 Å². The molecule has 2 aromatic carbocycles. The number of amides is 1. The second-order valence-corrected chi connectivity index (χ2v) is 7.21. The number of nitrogen functional groups attached to an aromatic ring is 1. The van der Waals surface area contributed by atoms with Crippen LogP contribution in [0.25, 0.3) is 0 Å². The molecule has 9 nitrogen and oxygen atoms in total. The number of nitrogens with zero attached hydrogens (tertiary/aromatic N) is 3. The van der Waals surface area contributed by atoms with E-state index in [1.165, 1.54) is 36.0 Å². The maximum absolute atomic E-state index is 13.0. The quantitative estimate of drug-likeness (QED) is 0.527. The van der Waals surface area contributed by atoms with Gasteiger partial charge in [-0.2, -0.15) is 15.0 Å². The van der Waals surface area contributed by atoms with Crippen LogP contribution in [-0.4, -0.2) is 32.6 Å². The number of rotatable bonds is 5. The van der Waals surface area contributed by atoms with Gasteiger partial charge in [0.25, 0.3) is 0 Å². The number of thioether (sulfide) groups is 1. The molecule has 0 bridgehead atoms. The first-order valence-electron chi connectivity index (χ1n) is 8.73. The molecule has 1 aliphatic heterocycles. The highest BCUT2D eigenvalue weighted by atomic mass is 32.2. The zero-order valence-electron chi connectivity index (χ0n) is 15.4. The minimum absolute atomic E-state index is 0.0609. The van der Waals surface area contributed by atoms with Crippen molar-refractivity contribution in [3.05, 3.63) is 59.7 Å². The summed E-state index contributed by atoms with van der Waals surface area (Å²) in [7, 11) is 0. The Balaban J connectivity index is 1.44. The van der Waals surface area contributed by atoms with E-state index < -0.39 is 5.97 Å². The Hall–Kier alpha value is -3.73. The van der Waals surface area contributed by atoms with Gasteiger partial charge in [-0.1, -0.05) is 0 Å². The van der Waals surface area contributed by atoms with Crippen LogP contribution >= 0.6 is 11.8 Å². The molecule has 0 aliphatic carbocycles. The standard InChI is InChI=1S/C19H15FN6O3S/c20-11-2-4-12(5-3-11)22-19-25-15(24-18(21)26-19)8-29-17(28)10-1-6-14-13(7-10)23-16(27)9-30-14/h1-7H,8-9H2,(H,23,27)(H3,21,22,24,25,26). The van der Waals surface area contributed by atoms with Gasteiger partial charge in [0.15, 0.2) is 12.4 Å². The summed E-state index contributed by atoms with van der Waals surface area (Å²) in [4.78, 5) is 36.9. The third-order valence-electron chi connectivity index (χ3n) is 3.98. The molecule has 3 aromatic rings. The van der Waals surface area contributed by atoms with E-state index in [1.54, 1.807) is 18.2 Å². The SMILES string of the molecule is Nc1nc(COC(=O)c2ccc3c(c2)NC(=O)CS3)nc(Nc2ccc(F)cc2)n1. The highest BCUT2D eigenvalue weighted by Gasteiger charge is 2.18. The van der Waals surface area contributed by atoms with Crippen LogP contribution in [0.3, 0.4) is 0 Å². The van der Waals surface area contributed by atoms with Crippen molar-refractivity contribution >= 4 is 46.9 Å². The molecule has 2 heterocycles. The lowest BCUT2D eigenvalue weighted by atomic mass is 10.2. The monoisotopic (exact) mass is 426 g/mol. The number of carbonyl (C=O) groups is 2. The fourth-order valence-corrected chi connectivity index (χ4v) is 3.43. The number of halogens is 1. The Labute approximate surface area is 174 Å². The summed E-state index contributed by atoms with van der Waals surface area (Å²) in [5, 5.41) is 5.60. The Kier molecular flexibility index (Phi) is 5.44. The zero-order valence-corrected chi connectivity index (χ0v) is 16.2. The van der Waals surface area contributed by atoms with Crippen molar-refractivity contribution in [1.29, 1.82) is 0 Å². The van der Waals surface area contributed by atoms with Crippen LogP contribution in [0, 0.1) is 5.82 Å². The van der Waals surface area contributed by atoms with Crippen LogP contribution < -0.4 is 16.4 Å². The second-order valence-electron chi connectivity index (χ2n) is 6.19. The number of carbonyl (C=O) groups excluding carboxylic acids is 2. The lowest BCUT2D eigenvalue weighted by Crippen LogP contribution is -2.19. The molecule has 0 unspecified atom stereocenters. The summed E-state index contributed by atoms with van der Waals surface area (Å²) in [5.74, 6) is -0.547. The molecule has 0 saturated heterocycles. The van der Waals surface area contributed by atoms with E-state index in [0.29, 0.717) is 17.1 Å². The molecule has 0 spiro atoms. The van der Waals surface area contributed by atoms with E-state index in [9.17, 15) is 14.0 Å². The van der Waals surface area contributed by atoms with Crippen molar-refractivity contribution in [3.63, 3.8) is 0 Å². The molecule has 4 rings (SSSR count). The van der Waals surface area contributed by atoms with E-state index in [4.69, 9.17) is 10.5 Å². The molecular formula is C19H15FN6O3S. The van der Waals surface area contributed by atoms with E-state index in [1.807, 2.05) is 0 Å². The maximum Gasteiger partial charge on any atom is 0.338 e. The minimum atomic E-state index is -0.602. The van der Waals surface area contributed by atoms with Gasteiger partial charge in [-0.3, -0.25) is 4.79 Å². The number of hydrogen-bond donors (Lipinski definition) is 3. The van der Waals surface area contributed by atoms with Gasteiger partial charge in [0.2, 0.25) is 17.8 Å². The molecule has 1 amide bonds. The van der Waals surface area contributed by atoms with Crippen LogP contribution in [0.4, 0.5) is 27.7 Å². The Morgan fingerprint density at radius 2 is 2.00 bits per heavy atom. The van der Waals surface area contributed by atoms with Crippen LogP contribution in [0.2, 0.25) is 0 Å². The predicted octanol–water partition coefficient (Wildman–Crippen LogP) is 2.74. The van der Waals surface area contributed by atoms with Gasteiger partial charge in [0.1, 0.15) is 5.82 Å². The predicted molar refractivity (Wildman–Crippen MR) is 109 cm³/mol. The molecule has 152 valence electrons. The van der Waals surface area contributed by atoms with E-state index in [0.717, 1.165) is 4.90 Å². The number of hydrogen-bond acceptors (Lipinski definition) is 9. The fraction of sp³-hybridized carbons (Fsp3) is 0.105. The summed E-state index contributed by atoms with van der Waals surface area (Å²) in [6, 6.07) is 10.5. The highest BCUT2D eigenvalue weighted by molar-refractivity contribution is 8.00. The van der Waals surface area contributed by atoms with Crippen LogP contribution in [0.15, 0.2) is 47.4 Å². The average Bonchev–Trinajstić information content (AvgIpc) is 2.73. The molecular weight excluding hydrogens is 411 g/mol. The number of esters is 1. The first-order chi connectivity index (χ1) is 14.5. The van der Waals surface area contributed by atoms with Crippen molar-refractivity contribution in [2.24, 2.45) is 0 Å². The van der Waals surface area contributed by atoms with E-state index >= 15 is 0 Å². The van der Waals surface area contributed by atoms with Gasteiger partial charge >= 0.3 is 5.97 Å². The summed E-state index contributed by atoms with van der Waals surface area (Å²) < 4.78 is 18.3. The Morgan fingerprint density at radius 3 is 2.80 bits per heavy atom. The van der Waals surface area contributed by atoms with Crippen molar-refractivity contribution < 1.29 is 18.7 Å². The molecule has 4 N–H and O–H groups in total. The lowest BCUT2D eigenvalue weighted by Gasteiger charge is -2.16. The number of fused-ring (bicyclic) bond motifs is 1. The number of anilines is 4. The summed E-state index contributed by atoms with van der Waals surface area (Å²) >= 11 is 1.40. The van der Waals surface area contributed by atoms with Crippen LogP contribution in [0.5, 0.6) is 0 Å². The van der Waals surface area contributed by atoms with Gasteiger partial charge in [0.05, 0.1) is 17.0 Å². The minimum Gasteiger partial charge on any atom is -0.454 e. The Morgan fingerprint density at radius 1 is 1.20 bits per heavy atom. The smallest absolute Gasteiger partial charge is 0.338 e. The number of benzene rings is 2. The number of aromatic nitrogens is 3. The number of ether oxygens (including phenoxy) is 1. The first-order valence-corrected chi connectivity index (χ1v) is 9.72. The van der Waals surface area contributed by atoms with Gasteiger partial charge < -0.3 is 21.1 Å². The van der Waals surface area contributed by atoms with Gasteiger partial charge in [0, 0.05) is 10.6 Å². The van der Waals surface area contributed by atoms with E-state index in [2.05, 4.69) is 25.6 Å². The van der Waals surface area contributed by atoms with Gasteiger partial charge in [-0.25, -0.2) is 9.18 Å². The van der Waals surface area contributed by atoms with E-state index in [-0.39, 0.29) is 41.6 Å². The fourth-order valence-electron chi connectivity index (χ4n) is 2.64. The maximum atomic E-state index is 13.0. The Bertz CT molecular complexity index is 1130. The molecule has 1 aliphatic rings. The molecule has 0 atom stereocenters. The molecule has 1 aromatic heterocycles. The normalized spacial score (nSPS) is 12.6. The van der Waals surface area contributed by atoms with Crippen molar-refractivity contribution in [2.45, 2.75) is 11.5 Å². The third-order valence-corrected chi connectivity index (χ3v) is 5.05. The van der Waals surface area contributed by atoms with Gasteiger partial charge in [-0.15, -0.1) is 11.8 Å². The molecule has 0 fully saturated rings. The van der Waals surface area contributed by atoms with Crippen molar-refractivity contribution in [1.82, 2.24) is 15.0 Å². The zero-order chi connectivity index (χ0) is 21.1. The molecule has 11 heteroatoms. The second kappa shape index (κ2) is 8.33. The number of nitrogens with one attached hydrogen (secondary N) is 2. The third kappa shape index (κ3) is 4.63. The molecule has 0 saturated carbocycles. The topological polar surface area (TPSA) is 132 Å². The van der Waals surface area contributed by atoms with Crippen molar-refractivity contribution in [3.8, 4) is 0 Å². The number of nitrogens with two attached hydrogens (primary N) is 1. The van der Waals surface area contributed by atoms with Crippen LogP contribution in [0.1, 0.15) is 16.2 Å². The van der Waals surface area contributed by atoms with Crippen molar-refractivity contribution in [2.75, 3.05) is 22.1 Å². The summed E-state index contributed by atoms with van der Waals surface area (Å²) in [6.07, 6.45) is 0. The largest absolute Gasteiger partial charge is 0.454 e. The summed E-state index contributed by atoms with van der Waals surface area (Å²) in [6.45, 7) is -0.234. The van der Waals surface area contributed by atoms with Crippen LogP contribution in [-0.2, 0) is 16.1 Å². The lowest BCUT2D eigenvalue weighted by molar-refractivity contribution is -0.113.